The molecule has 1 aromatic heterocycles. The van der Waals surface area contributed by atoms with Crippen LogP contribution in [0.15, 0.2) is 22.5 Å². The number of benzene rings is 1. The summed E-state index contributed by atoms with van der Waals surface area (Å²) < 4.78 is 11.8. The van der Waals surface area contributed by atoms with Crippen LogP contribution in [0.2, 0.25) is 0 Å². The van der Waals surface area contributed by atoms with E-state index in [-0.39, 0.29) is 12.3 Å². The highest BCUT2D eigenvalue weighted by molar-refractivity contribution is 8.00. The zero-order valence-electron chi connectivity index (χ0n) is 11.3. The Balaban J connectivity index is 1.65. The van der Waals surface area contributed by atoms with E-state index in [9.17, 15) is 4.79 Å². The summed E-state index contributed by atoms with van der Waals surface area (Å²) in [5.74, 6) is 1.26. The molecule has 0 bridgehead atoms. The number of fused-ring (bicyclic) bond motifs is 1. The normalized spacial score (nSPS) is 13.0. The number of carbonyl (C=O) groups excluding carboxylic acids is 1. The van der Waals surface area contributed by atoms with Crippen LogP contribution >= 0.6 is 23.1 Å². The van der Waals surface area contributed by atoms with Gasteiger partial charge in [0.25, 0.3) is 0 Å². The summed E-state index contributed by atoms with van der Waals surface area (Å²) in [6.07, 6.45) is 1.94. The summed E-state index contributed by atoms with van der Waals surface area (Å²) >= 11 is 2.95. The number of nitrogens with zero attached hydrogens (tertiary/aromatic N) is 2. The first-order valence-corrected chi connectivity index (χ1v) is 8.34. The van der Waals surface area contributed by atoms with E-state index in [0.29, 0.717) is 35.4 Å². The lowest BCUT2D eigenvalue weighted by Gasteiger charge is -2.18. The Morgan fingerprint density at radius 1 is 1.33 bits per heavy atom. The van der Waals surface area contributed by atoms with Crippen LogP contribution < -0.4 is 14.8 Å². The second-order valence-electron chi connectivity index (χ2n) is 4.21. The van der Waals surface area contributed by atoms with Gasteiger partial charge in [0.2, 0.25) is 5.13 Å². The quantitative estimate of drug-likeness (QED) is 0.668. The van der Waals surface area contributed by atoms with Crippen LogP contribution in [0, 0.1) is 0 Å². The van der Waals surface area contributed by atoms with E-state index in [1.807, 2.05) is 6.26 Å². The van der Waals surface area contributed by atoms with Crippen LogP contribution in [0.1, 0.15) is 10.4 Å². The fraction of sp³-hybridized carbons (Fsp3) is 0.308. The van der Waals surface area contributed by atoms with Crippen LogP contribution in [0.25, 0.3) is 0 Å². The number of ether oxygens (including phenoxy) is 2. The monoisotopic (exact) mass is 323 g/mol. The zero-order chi connectivity index (χ0) is 14.7. The van der Waals surface area contributed by atoms with Gasteiger partial charge in [0.1, 0.15) is 13.2 Å². The lowest BCUT2D eigenvalue weighted by atomic mass is 10.1. The maximum Gasteiger partial charge on any atom is 0.206 e. The van der Waals surface area contributed by atoms with Gasteiger partial charge in [-0.05, 0) is 24.5 Å². The van der Waals surface area contributed by atoms with Crippen molar-refractivity contribution in [3.8, 4) is 11.5 Å². The van der Waals surface area contributed by atoms with E-state index in [0.717, 1.165) is 4.34 Å². The molecule has 6 nitrogen and oxygen atoms in total. The Hall–Kier alpha value is -1.80. The van der Waals surface area contributed by atoms with Crippen molar-refractivity contribution in [2.24, 2.45) is 0 Å². The predicted molar refractivity (Wildman–Crippen MR) is 81.9 cm³/mol. The van der Waals surface area contributed by atoms with Gasteiger partial charge in [0.15, 0.2) is 21.6 Å². The SMILES string of the molecule is CSc1nnc(NCC(=O)c2ccc3c(c2)OCCO3)s1. The first kappa shape index (κ1) is 14.2. The Labute approximate surface area is 129 Å². The van der Waals surface area contributed by atoms with Gasteiger partial charge < -0.3 is 14.8 Å². The van der Waals surface area contributed by atoms with Gasteiger partial charge >= 0.3 is 0 Å². The van der Waals surface area contributed by atoms with Crippen molar-refractivity contribution in [2.75, 3.05) is 31.3 Å². The predicted octanol–water partition coefficient (Wildman–Crippen LogP) is 2.33. The molecule has 0 fully saturated rings. The maximum absolute atomic E-state index is 12.2. The number of ketones is 1. The molecule has 21 heavy (non-hydrogen) atoms. The average Bonchev–Trinajstić information content (AvgIpc) is 3.00. The van der Waals surface area contributed by atoms with E-state index in [2.05, 4.69) is 15.5 Å². The molecule has 110 valence electrons. The van der Waals surface area contributed by atoms with Crippen molar-refractivity contribution >= 4 is 34.0 Å². The Kier molecular flexibility index (Phi) is 4.26. The molecule has 0 saturated carbocycles. The summed E-state index contributed by atoms with van der Waals surface area (Å²) in [5.41, 5.74) is 0.585. The first-order valence-electron chi connectivity index (χ1n) is 6.30. The third-order valence-corrected chi connectivity index (χ3v) is 4.70. The first-order chi connectivity index (χ1) is 10.3. The largest absolute Gasteiger partial charge is 0.486 e. The van der Waals surface area contributed by atoms with Crippen LogP contribution in [-0.4, -0.2) is 42.0 Å². The van der Waals surface area contributed by atoms with Crippen molar-refractivity contribution < 1.29 is 14.3 Å². The topological polar surface area (TPSA) is 73.3 Å². The van der Waals surface area contributed by atoms with Crippen molar-refractivity contribution in [3.05, 3.63) is 23.8 Å². The van der Waals surface area contributed by atoms with E-state index < -0.39 is 0 Å². The molecule has 0 spiro atoms. The summed E-state index contributed by atoms with van der Waals surface area (Å²) in [7, 11) is 0. The molecule has 0 unspecified atom stereocenters. The molecule has 2 heterocycles. The lowest BCUT2D eigenvalue weighted by molar-refractivity contribution is 0.100. The van der Waals surface area contributed by atoms with E-state index >= 15 is 0 Å². The number of thioether (sulfide) groups is 1. The third-order valence-electron chi connectivity index (χ3n) is 2.85. The molecule has 3 rings (SSSR count). The van der Waals surface area contributed by atoms with Crippen LogP contribution in [0.3, 0.4) is 0 Å². The van der Waals surface area contributed by atoms with Crippen molar-refractivity contribution in [1.82, 2.24) is 10.2 Å². The average molecular weight is 323 g/mol. The molecule has 2 aromatic rings. The Morgan fingerprint density at radius 2 is 2.14 bits per heavy atom. The summed E-state index contributed by atoms with van der Waals surface area (Å²) in [6.45, 7) is 1.21. The van der Waals surface area contributed by atoms with Gasteiger partial charge in [0.05, 0.1) is 6.54 Å². The van der Waals surface area contributed by atoms with Crippen LogP contribution in [0.5, 0.6) is 11.5 Å². The number of anilines is 1. The second kappa shape index (κ2) is 6.31. The van der Waals surface area contributed by atoms with Crippen molar-refractivity contribution in [3.63, 3.8) is 0 Å². The number of hydrogen-bond acceptors (Lipinski definition) is 8. The Morgan fingerprint density at radius 3 is 2.90 bits per heavy atom. The molecule has 1 N–H and O–H groups in total. The standard InChI is InChI=1S/C13H13N3O3S2/c1-20-13-16-15-12(21-13)14-7-9(17)8-2-3-10-11(6-8)19-5-4-18-10/h2-3,6H,4-5,7H2,1H3,(H,14,15). The molecule has 8 heteroatoms. The number of Topliss-reactive ketones (excluding diaryl/α,β-unsaturated/α-hetero) is 1. The number of nitrogens with one attached hydrogen (secondary N) is 1. The zero-order valence-corrected chi connectivity index (χ0v) is 12.9. The third kappa shape index (κ3) is 3.27. The molecular weight excluding hydrogens is 310 g/mol. The van der Waals surface area contributed by atoms with Gasteiger partial charge in [-0.3, -0.25) is 4.79 Å². The molecule has 0 aliphatic carbocycles. The van der Waals surface area contributed by atoms with Crippen LogP contribution in [-0.2, 0) is 0 Å². The molecule has 1 aromatic carbocycles. The number of hydrogen-bond donors (Lipinski definition) is 1. The molecule has 1 aliphatic rings. The number of rotatable bonds is 5. The fourth-order valence-electron chi connectivity index (χ4n) is 1.84. The van der Waals surface area contributed by atoms with E-state index in [1.54, 1.807) is 18.2 Å². The van der Waals surface area contributed by atoms with E-state index in [4.69, 9.17) is 9.47 Å². The van der Waals surface area contributed by atoms with Gasteiger partial charge in [-0.2, -0.15) is 0 Å². The van der Waals surface area contributed by atoms with Crippen molar-refractivity contribution in [1.29, 1.82) is 0 Å². The van der Waals surface area contributed by atoms with Gasteiger partial charge in [-0.25, -0.2) is 0 Å². The summed E-state index contributed by atoms with van der Waals surface area (Å²) in [5, 5.41) is 11.6. The van der Waals surface area contributed by atoms with Gasteiger partial charge in [0, 0.05) is 5.56 Å². The van der Waals surface area contributed by atoms with Crippen LogP contribution in [0.4, 0.5) is 5.13 Å². The Bertz CT molecular complexity index is 660. The highest BCUT2D eigenvalue weighted by Crippen LogP contribution is 2.31. The number of carbonyl (C=O) groups is 1. The highest BCUT2D eigenvalue weighted by Gasteiger charge is 2.15. The minimum absolute atomic E-state index is 0.0344. The molecule has 0 amide bonds. The summed E-state index contributed by atoms with van der Waals surface area (Å²) in [6, 6.07) is 5.22. The minimum Gasteiger partial charge on any atom is -0.486 e. The number of aromatic nitrogens is 2. The van der Waals surface area contributed by atoms with Gasteiger partial charge in [-0.1, -0.05) is 23.1 Å². The molecule has 0 saturated heterocycles. The van der Waals surface area contributed by atoms with Gasteiger partial charge in [-0.15, -0.1) is 10.2 Å². The molecule has 0 atom stereocenters. The fourth-order valence-corrected chi connectivity index (χ4v) is 3.00. The van der Waals surface area contributed by atoms with Crippen molar-refractivity contribution in [2.45, 2.75) is 4.34 Å². The minimum atomic E-state index is -0.0344. The molecular formula is C13H13N3O3S2. The molecule has 1 aliphatic heterocycles. The maximum atomic E-state index is 12.2. The second-order valence-corrected chi connectivity index (χ2v) is 6.24. The molecule has 0 radical (unpaired) electrons. The lowest BCUT2D eigenvalue weighted by Crippen LogP contribution is -2.17. The highest BCUT2D eigenvalue weighted by atomic mass is 32.2. The smallest absolute Gasteiger partial charge is 0.206 e. The van der Waals surface area contributed by atoms with E-state index in [1.165, 1.54) is 23.1 Å². The summed E-state index contributed by atoms with van der Waals surface area (Å²) in [4.78, 5) is 12.2.